The molecule has 0 aliphatic carbocycles. The van der Waals surface area contributed by atoms with Gasteiger partial charge in [0.1, 0.15) is 0 Å². The molecule has 0 aliphatic rings. The molecule has 1 N–H and O–H groups in total. The number of nitrogens with zero attached hydrogens (tertiary/aromatic N) is 1. The predicted molar refractivity (Wildman–Crippen MR) is 64.8 cm³/mol. The summed E-state index contributed by atoms with van der Waals surface area (Å²) in [7, 11) is 0. The summed E-state index contributed by atoms with van der Waals surface area (Å²) in [6.07, 6.45) is 0.610. The maximum atomic E-state index is 11.9. The van der Waals surface area contributed by atoms with Crippen LogP contribution in [-0.4, -0.2) is 36.5 Å². The van der Waals surface area contributed by atoms with Crippen molar-refractivity contribution in [3.63, 3.8) is 0 Å². The van der Waals surface area contributed by atoms with Crippen LogP contribution in [0.2, 0.25) is 0 Å². The molecular weight excluding hydrogens is 188 g/mol. The van der Waals surface area contributed by atoms with Gasteiger partial charge in [0.05, 0.1) is 0 Å². The zero-order chi connectivity index (χ0) is 11.8. The van der Waals surface area contributed by atoms with Gasteiger partial charge in [-0.05, 0) is 26.3 Å². The van der Waals surface area contributed by atoms with E-state index in [-0.39, 0.29) is 5.91 Å². The molecule has 90 valence electrons. The Labute approximate surface area is 94.2 Å². The fourth-order valence-electron chi connectivity index (χ4n) is 1.51. The summed E-state index contributed by atoms with van der Waals surface area (Å²) in [5.74, 6) is 0.801. The third-order valence-corrected chi connectivity index (χ3v) is 2.27. The van der Waals surface area contributed by atoms with Crippen molar-refractivity contribution in [3.05, 3.63) is 0 Å². The Kier molecular flexibility index (Phi) is 7.39. The standard InChI is InChI=1S/C12H26N2O/c1-6-13-8-7-12(15)14(11(4)5)9-10(2)3/h10-11,13H,6-9H2,1-5H3. The van der Waals surface area contributed by atoms with E-state index in [0.717, 1.165) is 19.6 Å². The van der Waals surface area contributed by atoms with Crippen molar-refractivity contribution >= 4 is 5.91 Å². The topological polar surface area (TPSA) is 32.3 Å². The van der Waals surface area contributed by atoms with Crippen molar-refractivity contribution in [2.75, 3.05) is 19.6 Å². The second kappa shape index (κ2) is 7.69. The highest BCUT2D eigenvalue weighted by molar-refractivity contribution is 5.76. The lowest BCUT2D eigenvalue weighted by molar-refractivity contribution is -0.133. The van der Waals surface area contributed by atoms with Gasteiger partial charge in [-0.2, -0.15) is 0 Å². The molecule has 0 fully saturated rings. The zero-order valence-electron chi connectivity index (χ0n) is 10.8. The van der Waals surface area contributed by atoms with Crippen LogP contribution in [0.3, 0.4) is 0 Å². The molecule has 0 saturated carbocycles. The van der Waals surface area contributed by atoms with Crippen molar-refractivity contribution in [1.82, 2.24) is 10.2 Å². The van der Waals surface area contributed by atoms with Gasteiger partial charge in [0.15, 0.2) is 0 Å². The zero-order valence-corrected chi connectivity index (χ0v) is 10.8. The van der Waals surface area contributed by atoms with Gasteiger partial charge in [0.25, 0.3) is 0 Å². The van der Waals surface area contributed by atoms with Crippen LogP contribution >= 0.6 is 0 Å². The van der Waals surface area contributed by atoms with E-state index in [1.807, 2.05) is 4.90 Å². The highest BCUT2D eigenvalue weighted by Crippen LogP contribution is 2.06. The average Bonchev–Trinajstić information content (AvgIpc) is 2.13. The van der Waals surface area contributed by atoms with Crippen LogP contribution in [0.15, 0.2) is 0 Å². The second-order valence-corrected chi connectivity index (χ2v) is 4.64. The molecule has 0 aromatic carbocycles. The molecule has 0 spiro atoms. The van der Waals surface area contributed by atoms with Crippen molar-refractivity contribution in [3.8, 4) is 0 Å². The van der Waals surface area contributed by atoms with Crippen molar-refractivity contribution in [2.24, 2.45) is 5.92 Å². The first kappa shape index (κ1) is 14.4. The minimum atomic E-state index is 0.264. The van der Waals surface area contributed by atoms with Crippen LogP contribution in [0.1, 0.15) is 41.0 Å². The third kappa shape index (κ3) is 6.50. The molecule has 15 heavy (non-hydrogen) atoms. The van der Waals surface area contributed by atoms with Gasteiger partial charge in [-0.3, -0.25) is 4.79 Å². The summed E-state index contributed by atoms with van der Waals surface area (Å²) in [4.78, 5) is 13.9. The summed E-state index contributed by atoms with van der Waals surface area (Å²) in [6.45, 7) is 13.1. The van der Waals surface area contributed by atoms with E-state index in [1.165, 1.54) is 0 Å². The third-order valence-electron chi connectivity index (χ3n) is 2.27. The lowest BCUT2D eigenvalue weighted by Gasteiger charge is -2.28. The van der Waals surface area contributed by atoms with Gasteiger partial charge >= 0.3 is 0 Å². The molecule has 0 radical (unpaired) electrons. The number of amides is 1. The predicted octanol–water partition coefficient (Wildman–Crippen LogP) is 1.88. The van der Waals surface area contributed by atoms with Crippen molar-refractivity contribution in [2.45, 2.75) is 47.1 Å². The number of rotatable bonds is 7. The first-order chi connectivity index (χ1) is 6.99. The Hall–Kier alpha value is -0.570. The maximum Gasteiger partial charge on any atom is 0.224 e. The van der Waals surface area contributed by atoms with Crippen LogP contribution < -0.4 is 5.32 Å². The summed E-state index contributed by atoms with van der Waals surface area (Å²) in [6, 6.07) is 0.307. The minimum Gasteiger partial charge on any atom is -0.340 e. The molecule has 0 heterocycles. The summed E-state index contributed by atoms with van der Waals surface area (Å²) in [5, 5.41) is 3.18. The Morgan fingerprint density at radius 2 is 1.87 bits per heavy atom. The van der Waals surface area contributed by atoms with E-state index < -0.39 is 0 Å². The molecular formula is C12H26N2O. The molecule has 0 aromatic rings. The van der Waals surface area contributed by atoms with Gasteiger partial charge in [-0.15, -0.1) is 0 Å². The Morgan fingerprint density at radius 3 is 2.27 bits per heavy atom. The first-order valence-corrected chi connectivity index (χ1v) is 5.99. The van der Waals surface area contributed by atoms with Crippen molar-refractivity contribution < 1.29 is 4.79 Å². The molecule has 3 heteroatoms. The van der Waals surface area contributed by atoms with Crippen LogP contribution in [0.4, 0.5) is 0 Å². The quantitative estimate of drug-likeness (QED) is 0.656. The number of carbonyl (C=O) groups excluding carboxylic acids is 1. The monoisotopic (exact) mass is 214 g/mol. The van der Waals surface area contributed by atoms with Crippen LogP contribution in [0.25, 0.3) is 0 Å². The Morgan fingerprint density at radius 1 is 1.27 bits per heavy atom. The van der Waals surface area contributed by atoms with E-state index >= 15 is 0 Å². The number of hydrogen-bond acceptors (Lipinski definition) is 2. The number of carbonyl (C=O) groups is 1. The fraction of sp³-hybridized carbons (Fsp3) is 0.917. The first-order valence-electron chi connectivity index (χ1n) is 5.99. The van der Waals surface area contributed by atoms with E-state index in [1.54, 1.807) is 0 Å². The van der Waals surface area contributed by atoms with Gasteiger partial charge in [-0.25, -0.2) is 0 Å². The fourth-order valence-corrected chi connectivity index (χ4v) is 1.51. The highest BCUT2D eigenvalue weighted by Gasteiger charge is 2.16. The van der Waals surface area contributed by atoms with Gasteiger partial charge in [0, 0.05) is 25.6 Å². The molecule has 0 aliphatic heterocycles. The summed E-state index contributed by atoms with van der Waals surface area (Å²) < 4.78 is 0. The van der Waals surface area contributed by atoms with E-state index in [9.17, 15) is 4.79 Å². The molecule has 0 unspecified atom stereocenters. The second-order valence-electron chi connectivity index (χ2n) is 4.64. The minimum absolute atomic E-state index is 0.264. The van der Waals surface area contributed by atoms with Gasteiger partial charge < -0.3 is 10.2 Å². The molecule has 3 nitrogen and oxygen atoms in total. The largest absolute Gasteiger partial charge is 0.340 e. The SMILES string of the molecule is CCNCCC(=O)N(CC(C)C)C(C)C. The Balaban J connectivity index is 4.05. The lowest BCUT2D eigenvalue weighted by Crippen LogP contribution is -2.40. The lowest BCUT2D eigenvalue weighted by atomic mass is 10.1. The Bertz CT molecular complexity index is 178. The summed E-state index contributed by atoms with van der Waals surface area (Å²) in [5.41, 5.74) is 0. The average molecular weight is 214 g/mol. The van der Waals surface area contributed by atoms with E-state index in [4.69, 9.17) is 0 Å². The molecule has 0 bridgehead atoms. The van der Waals surface area contributed by atoms with Gasteiger partial charge in [-0.1, -0.05) is 20.8 Å². The molecule has 0 aromatic heterocycles. The highest BCUT2D eigenvalue weighted by atomic mass is 16.2. The van der Waals surface area contributed by atoms with Gasteiger partial charge in [0.2, 0.25) is 5.91 Å². The summed E-state index contributed by atoms with van der Waals surface area (Å²) >= 11 is 0. The smallest absolute Gasteiger partial charge is 0.224 e. The van der Waals surface area contributed by atoms with Crippen LogP contribution in [0.5, 0.6) is 0 Å². The normalized spacial score (nSPS) is 11.1. The van der Waals surface area contributed by atoms with E-state index in [2.05, 4.69) is 39.9 Å². The van der Waals surface area contributed by atoms with E-state index in [0.29, 0.717) is 18.4 Å². The van der Waals surface area contributed by atoms with Crippen molar-refractivity contribution in [1.29, 1.82) is 0 Å². The van der Waals surface area contributed by atoms with Crippen LogP contribution in [0, 0.1) is 5.92 Å². The maximum absolute atomic E-state index is 11.9. The molecule has 1 amide bonds. The molecule has 0 atom stereocenters. The number of hydrogen-bond donors (Lipinski definition) is 1. The molecule has 0 saturated heterocycles. The number of nitrogens with one attached hydrogen (secondary N) is 1. The molecule has 0 rings (SSSR count). The van der Waals surface area contributed by atoms with Crippen LogP contribution in [-0.2, 0) is 4.79 Å².